The van der Waals surface area contributed by atoms with Crippen LogP contribution in [0.2, 0.25) is 0 Å². The molecular formula is C15H22BrNO2. The highest BCUT2D eigenvalue weighted by atomic mass is 79.9. The average molecular weight is 328 g/mol. The van der Waals surface area contributed by atoms with Gasteiger partial charge in [-0.15, -0.1) is 0 Å². The molecule has 0 radical (unpaired) electrons. The van der Waals surface area contributed by atoms with Crippen LogP contribution in [-0.4, -0.2) is 42.4 Å². The Hall–Kier alpha value is -0.580. The second-order valence-electron chi connectivity index (χ2n) is 5.00. The van der Waals surface area contributed by atoms with Crippen molar-refractivity contribution >= 4 is 15.9 Å². The lowest BCUT2D eigenvalue weighted by Crippen LogP contribution is -2.33. The molecule has 4 heteroatoms. The summed E-state index contributed by atoms with van der Waals surface area (Å²) in [5, 5.41) is 8.92. The molecule has 1 aromatic carbocycles. The summed E-state index contributed by atoms with van der Waals surface area (Å²) >= 11 is 3.44. The number of likely N-dealkylation sites (tertiary alicyclic amines) is 1. The van der Waals surface area contributed by atoms with E-state index < -0.39 is 0 Å². The Labute approximate surface area is 123 Å². The van der Waals surface area contributed by atoms with Gasteiger partial charge in [-0.05, 0) is 50.4 Å². The van der Waals surface area contributed by atoms with Crippen molar-refractivity contribution in [2.45, 2.75) is 31.7 Å². The van der Waals surface area contributed by atoms with Gasteiger partial charge in [0.1, 0.15) is 12.4 Å². The summed E-state index contributed by atoms with van der Waals surface area (Å²) in [5.41, 5.74) is 0. The first kappa shape index (κ1) is 14.8. The lowest BCUT2D eigenvalue weighted by Gasteiger charge is -2.24. The lowest BCUT2D eigenvalue weighted by molar-refractivity contribution is 0.180. The highest BCUT2D eigenvalue weighted by Crippen LogP contribution is 2.21. The predicted octanol–water partition coefficient (Wildman–Crippen LogP) is 3.06. The summed E-state index contributed by atoms with van der Waals surface area (Å²) in [5.74, 6) is 0.917. The molecule has 106 valence electrons. The van der Waals surface area contributed by atoms with Crippen LogP contribution < -0.4 is 4.74 Å². The molecule has 0 aliphatic carbocycles. The van der Waals surface area contributed by atoms with Gasteiger partial charge in [-0.1, -0.05) is 22.0 Å². The van der Waals surface area contributed by atoms with Crippen LogP contribution in [0.3, 0.4) is 0 Å². The molecule has 3 nitrogen and oxygen atoms in total. The fourth-order valence-corrected chi connectivity index (χ4v) is 3.06. The fraction of sp³-hybridized carbons (Fsp3) is 0.600. The van der Waals surface area contributed by atoms with Gasteiger partial charge >= 0.3 is 0 Å². The monoisotopic (exact) mass is 327 g/mol. The number of aliphatic hydroxyl groups excluding tert-OH is 1. The molecule has 2 rings (SSSR count). The van der Waals surface area contributed by atoms with Crippen molar-refractivity contribution in [3.63, 3.8) is 0 Å². The van der Waals surface area contributed by atoms with Crippen molar-refractivity contribution < 1.29 is 9.84 Å². The van der Waals surface area contributed by atoms with Crippen LogP contribution in [0.25, 0.3) is 0 Å². The molecule has 0 amide bonds. The third-order valence-corrected chi connectivity index (χ3v) is 4.13. The highest BCUT2D eigenvalue weighted by Gasteiger charge is 2.23. The second-order valence-corrected chi connectivity index (χ2v) is 5.92. The lowest BCUT2D eigenvalue weighted by atomic mass is 10.1. The van der Waals surface area contributed by atoms with Crippen LogP contribution in [-0.2, 0) is 0 Å². The number of hydrogen-bond acceptors (Lipinski definition) is 3. The Kier molecular flexibility index (Phi) is 6.14. The van der Waals surface area contributed by atoms with Crippen molar-refractivity contribution in [2.75, 3.05) is 26.3 Å². The first-order chi connectivity index (χ1) is 9.29. The van der Waals surface area contributed by atoms with Gasteiger partial charge in [0.2, 0.25) is 0 Å². The van der Waals surface area contributed by atoms with E-state index in [0.717, 1.165) is 42.8 Å². The Balaban J connectivity index is 1.72. The molecule has 19 heavy (non-hydrogen) atoms. The molecule has 1 aliphatic rings. The van der Waals surface area contributed by atoms with Gasteiger partial charge in [-0.3, -0.25) is 4.90 Å². The quantitative estimate of drug-likeness (QED) is 0.835. The summed E-state index contributed by atoms with van der Waals surface area (Å²) < 4.78 is 6.83. The maximum Gasteiger partial charge on any atom is 0.120 e. The Morgan fingerprint density at radius 2 is 2.32 bits per heavy atom. The van der Waals surface area contributed by atoms with Crippen molar-refractivity contribution in [3.05, 3.63) is 28.7 Å². The molecule has 1 N–H and O–H groups in total. The number of halogens is 1. The van der Waals surface area contributed by atoms with E-state index in [-0.39, 0.29) is 0 Å². The SMILES string of the molecule is OCCCC1CCCN1CCOc1cccc(Br)c1. The van der Waals surface area contributed by atoms with Crippen LogP contribution in [0.15, 0.2) is 28.7 Å². The molecule has 0 bridgehead atoms. The van der Waals surface area contributed by atoms with Gasteiger partial charge < -0.3 is 9.84 Å². The van der Waals surface area contributed by atoms with E-state index in [1.54, 1.807) is 0 Å². The maximum atomic E-state index is 8.92. The zero-order valence-corrected chi connectivity index (χ0v) is 12.8. The van der Waals surface area contributed by atoms with Crippen molar-refractivity contribution in [2.24, 2.45) is 0 Å². The minimum Gasteiger partial charge on any atom is -0.492 e. The van der Waals surface area contributed by atoms with E-state index in [1.807, 2.05) is 24.3 Å². The standard InChI is InChI=1S/C15H22BrNO2/c16-13-4-1-7-15(12-13)19-11-9-17-8-2-5-14(17)6-3-10-18/h1,4,7,12,14,18H,2-3,5-6,8-11H2. The summed E-state index contributed by atoms with van der Waals surface area (Å²) in [6.45, 7) is 3.17. The Morgan fingerprint density at radius 1 is 1.42 bits per heavy atom. The van der Waals surface area contributed by atoms with Crippen LogP contribution in [0, 0.1) is 0 Å². The zero-order valence-electron chi connectivity index (χ0n) is 11.2. The minimum atomic E-state index is 0.304. The Morgan fingerprint density at radius 3 is 3.11 bits per heavy atom. The van der Waals surface area contributed by atoms with Gasteiger partial charge in [-0.2, -0.15) is 0 Å². The first-order valence-corrected chi connectivity index (χ1v) is 7.82. The van der Waals surface area contributed by atoms with E-state index in [1.165, 1.54) is 12.8 Å². The molecule has 0 spiro atoms. The molecule has 1 aliphatic heterocycles. The molecule has 1 unspecified atom stereocenters. The third-order valence-electron chi connectivity index (χ3n) is 3.64. The number of rotatable bonds is 7. The minimum absolute atomic E-state index is 0.304. The molecule has 1 heterocycles. The number of ether oxygens (including phenoxy) is 1. The Bertz CT molecular complexity index is 386. The molecule has 0 aromatic heterocycles. The van der Waals surface area contributed by atoms with Gasteiger partial charge in [0.15, 0.2) is 0 Å². The maximum absolute atomic E-state index is 8.92. The average Bonchev–Trinajstić information content (AvgIpc) is 2.84. The van der Waals surface area contributed by atoms with E-state index in [4.69, 9.17) is 9.84 Å². The normalized spacial score (nSPS) is 19.8. The third kappa shape index (κ3) is 4.79. The van der Waals surface area contributed by atoms with Crippen LogP contribution >= 0.6 is 15.9 Å². The number of hydrogen-bond donors (Lipinski definition) is 1. The summed E-state index contributed by atoms with van der Waals surface area (Å²) in [4.78, 5) is 2.49. The molecule has 1 fully saturated rings. The largest absolute Gasteiger partial charge is 0.492 e. The van der Waals surface area contributed by atoms with Gasteiger partial charge in [0.05, 0.1) is 0 Å². The predicted molar refractivity (Wildman–Crippen MR) is 80.6 cm³/mol. The molecule has 1 aromatic rings. The van der Waals surface area contributed by atoms with Gasteiger partial charge in [0, 0.05) is 23.7 Å². The smallest absolute Gasteiger partial charge is 0.120 e. The van der Waals surface area contributed by atoms with Gasteiger partial charge in [-0.25, -0.2) is 0 Å². The van der Waals surface area contributed by atoms with Crippen molar-refractivity contribution in [1.82, 2.24) is 4.90 Å². The number of benzene rings is 1. The van der Waals surface area contributed by atoms with E-state index in [2.05, 4.69) is 20.8 Å². The van der Waals surface area contributed by atoms with Gasteiger partial charge in [0.25, 0.3) is 0 Å². The van der Waals surface area contributed by atoms with Crippen LogP contribution in [0.5, 0.6) is 5.75 Å². The second kappa shape index (κ2) is 7.88. The number of aliphatic hydroxyl groups is 1. The van der Waals surface area contributed by atoms with E-state index in [9.17, 15) is 0 Å². The van der Waals surface area contributed by atoms with E-state index >= 15 is 0 Å². The summed E-state index contributed by atoms with van der Waals surface area (Å²) in [6, 6.07) is 8.60. The summed E-state index contributed by atoms with van der Waals surface area (Å²) in [7, 11) is 0. The van der Waals surface area contributed by atoms with Crippen LogP contribution in [0.1, 0.15) is 25.7 Å². The molecule has 1 atom stereocenters. The van der Waals surface area contributed by atoms with Crippen molar-refractivity contribution in [1.29, 1.82) is 0 Å². The highest BCUT2D eigenvalue weighted by molar-refractivity contribution is 9.10. The van der Waals surface area contributed by atoms with Crippen LogP contribution in [0.4, 0.5) is 0 Å². The molecule has 1 saturated heterocycles. The zero-order chi connectivity index (χ0) is 13.5. The molecular weight excluding hydrogens is 306 g/mol. The van der Waals surface area contributed by atoms with E-state index in [0.29, 0.717) is 12.6 Å². The first-order valence-electron chi connectivity index (χ1n) is 7.03. The topological polar surface area (TPSA) is 32.7 Å². The fourth-order valence-electron chi connectivity index (χ4n) is 2.68. The molecule has 0 saturated carbocycles. The van der Waals surface area contributed by atoms with Crippen molar-refractivity contribution in [3.8, 4) is 5.75 Å². The summed E-state index contributed by atoms with van der Waals surface area (Å²) in [6.07, 6.45) is 4.55. The number of nitrogens with zero attached hydrogens (tertiary/aromatic N) is 1.